The molecule has 0 aromatic carbocycles. The standard InChI is InChI=1S/C17H35N5O.HI/c1-6-22(7-2)16(18)19-12-14-8-10-21(11-9-14)13-15(23)20-17(3,4)5;/h14H,6-13H2,1-5H3,(H2,18,19)(H,20,23);1H. The Hall–Kier alpha value is -0.570. The number of hydrogen-bond acceptors (Lipinski definition) is 3. The number of carbonyl (C=O) groups is 1. The Morgan fingerprint density at radius 1 is 1.25 bits per heavy atom. The second-order valence-corrected chi connectivity index (χ2v) is 7.39. The normalized spacial score (nSPS) is 17.3. The largest absolute Gasteiger partial charge is 0.370 e. The van der Waals surface area contributed by atoms with E-state index in [1.807, 2.05) is 20.8 Å². The summed E-state index contributed by atoms with van der Waals surface area (Å²) in [7, 11) is 0. The van der Waals surface area contributed by atoms with Crippen molar-refractivity contribution >= 4 is 35.8 Å². The minimum Gasteiger partial charge on any atom is -0.370 e. The molecular formula is C17H36IN5O. The molecule has 0 spiro atoms. The third-order valence-electron chi connectivity index (χ3n) is 4.19. The van der Waals surface area contributed by atoms with Crippen molar-refractivity contribution in [1.82, 2.24) is 15.1 Å². The van der Waals surface area contributed by atoms with Gasteiger partial charge in [-0.3, -0.25) is 14.7 Å². The summed E-state index contributed by atoms with van der Waals surface area (Å²) in [5, 5.41) is 3.02. The summed E-state index contributed by atoms with van der Waals surface area (Å²) in [4.78, 5) is 20.8. The van der Waals surface area contributed by atoms with Crippen molar-refractivity contribution < 1.29 is 4.79 Å². The number of aliphatic imine (C=N–C) groups is 1. The van der Waals surface area contributed by atoms with Crippen molar-refractivity contribution in [1.29, 1.82) is 0 Å². The lowest BCUT2D eigenvalue weighted by Crippen LogP contribution is -2.47. The minimum absolute atomic E-state index is 0. The Bertz CT molecular complexity index is 396. The van der Waals surface area contributed by atoms with Crippen molar-refractivity contribution in [2.75, 3.05) is 39.3 Å². The van der Waals surface area contributed by atoms with Gasteiger partial charge in [0.1, 0.15) is 0 Å². The summed E-state index contributed by atoms with van der Waals surface area (Å²) in [5.41, 5.74) is 5.86. The lowest BCUT2D eigenvalue weighted by Gasteiger charge is -2.32. The Morgan fingerprint density at radius 3 is 2.25 bits per heavy atom. The van der Waals surface area contributed by atoms with Gasteiger partial charge in [-0.1, -0.05) is 0 Å². The van der Waals surface area contributed by atoms with Crippen LogP contribution in [0, 0.1) is 5.92 Å². The van der Waals surface area contributed by atoms with Gasteiger partial charge in [-0.15, -0.1) is 24.0 Å². The van der Waals surface area contributed by atoms with Crippen molar-refractivity contribution in [2.45, 2.75) is 53.0 Å². The highest BCUT2D eigenvalue weighted by atomic mass is 127. The summed E-state index contributed by atoms with van der Waals surface area (Å²) in [5.74, 6) is 1.34. The van der Waals surface area contributed by atoms with Gasteiger partial charge in [-0.25, -0.2) is 0 Å². The van der Waals surface area contributed by atoms with Crippen molar-refractivity contribution in [3.63, 3.8) is 0 Å². The van der Waals surface area contributed by atoms with E-state index in [1.165, 1.54) is 0 Å². The van der Waals surface area contributed by atoms with Crippen molar-refractivity contribution in [3.8, 4) is 0 Å². The van der Waals surface area contributed by atoms with Crippen LogP contribution < -0.4 is 11.1 Å². The quantitative estimate of drug-likeness (QED) is 0.366. The van der Waals surface area contributed by atoms with Crippen LogP contribution in [-0.2, 0) is 4.79 Å². The van der Waals surface area contributed by atoms with Gasteiger partial charge in [0.2, 0.25) is 5.91 Å². The highest BCUT2D eigenvalue weighted by Crippen LogP contribution is 2.17. The number of nitrogens with two attached hydrogens (primary N) is 1. The van der Waals surface area contributed by atoms with Crippen LogP contribution in [-0.4, -0.2) is 66.5 Å². The molecule has 0 radical (unpaired) electrons. The first-order valence-corrected chi connectivity index (χ1v) is 8.83. The van der Waals surface area contributed by atoms with E-state index in [0.29, 0.717) is 18.4 Å². The number of nitrogens with zero attached hydrogens (tertiary/aromatic N) is 3. The van der Waals surface area contributed by atoms with Crippen LogP contribution in [0.25, 0.3) is 0 Å². The monoisotopic (exact) mass is 453 g/mol. The molecule has 1 rings (SSSR count). The van der Waals surface area contributed by atoms with Gasteiger partial charge in [0.25, 0.3) is 0 Å². The maximum absolute atomic E-state index is 12.0. The highest BCUT2D eigenvalue weighted by molar-refractivity contribution is 14.0. The lowest BCUT2D eigenvalue weighted by atomic mass is 9.97. The first kappa shape index (κ1) is 23.4. The molecule has 1 amide bonds. The summed E-state index contributed by atoms with van der Waals surface area (Å²) in [6.45, 7) is 15.2. The molecule has 0 atom stereocenters. The molecule has 0 unspecified atom stereocenters. The Labute approximate surface area is 164 Å². The number of nitrogens with one attached hydrogen (secondary N) is 1. The third kappa shape index (κ3) is 9.05. The van der Waals surface area contributed by atoms with Crippen LogP contribution in [0.5, 0.6) is 0 Å². The van der Waals surface area contributed by atoms with E-state index in [2.05, 4.69) is 34.0 Å². The van der Waals surface area contributed by atoms with E-state index in [9.17, 15) is 4.79 Å². The topological polar surface area (TPSA) is 74.0 Å². The fourth-order valence-corrected chi connectivity index (χ4v) is 2.86. The van der Waals surface area contributed by atoms with Crippen LogP contribution in [0.4, 0.5) is 0 Å². The molecule has 6 nitrogen and oxygen atoms in total. The first-order chi connectivity index (χ1) is 10.7. The first-order valence-electron chi connectivity index (χ1n) is 8.83. The van der Waals surface area contributed by atoms with E-state index in [-0.39, 0.29) is 35.4 Å². The molecule has 24 heavy (non-hydrogen) atoms. The molecule has 7 heteroatoms. The summed E-state index contributed by atoms with van der Waals surface area (Å²) in [6.07, 6.45) is 2.16. The second-order valence-electron chi connectivity index (χ2n) is 7.39. The molecule has 0 aliphatic carbocycles. The molecule has 0 saturated carbocycles. The summed E-state index contributed by atoms with van der Waals surface area (Å²) < 4.78 is 0. The molecule has 0 aromatic rings. The van der Waals surface area contributed by atoms with Crippen LogP contribution >= 0.6 is 24.0 Å². The Morgan fingerprint density at radius 2 is 1.79 bits per heavy atom. The fraction of sp³-hybridized carbons (Fsp3) is 0.882. The van der Waals surface area contributed by atoms with E-state index in [1.54, 1.807) is 0 Å². The molecule has 1 heterocycles. The zero-order chi connectivity index (χ0) is 17.5. The van der Waals surface area contributed by atoms with Gasteiger partial charge in [0.15, 0.2) is 5.96 Å². The second kappa shape index (κ2) is 11.1. The number of guanidine groups is 1. The predicted molar refractivity (Wildman–Crippen MR) is 112 cm³/mol. The van der Waals surface area contributed by atoms with Crippen LogP contribution in [0.3, 0.4) is 0 Å². The average Bonchev–Trinajstić information content (AvgIpc) is 2.45. The summed E-state index contributed by atoms with van der Waals surface area (Å²) >= 11 is 0. The summed E-state index contributed by atoms with van der Waals surface area (Å²) in [6, 6.07) is 0. The zero-order valence-electron chi connectivity index (χ0n) is 16.0. The molecule has 1 aliphatic heterocycles. The molecular weight excluding hydrogens is 417 g/mol. The number of amides is 1. The van der Waals surface area contributed by atoms with Crippen molar-refractivity contribution in [2.24, 2.45) is 16.6 Å². The SMILES string of the molecule is CCN(CC)C(N)=NCC1CCN(CC(=O)NC(C)(C)C)CC1.I. The average molecular weight is 453 g/mol. The minimum atomic E-state index is -0.161. The number of hydrogen-bond donors (Lipinski definition) is 2. The molecule has 142 valence electrons. The number of carbonyl (C=O) groups excluding carboxylic acids is 1. The smallest absolute Gasteiger partial charge is 0.234 e. The molecule has 1 saturated heterocycles. The number of rotatable bonds is 6. The predicted octanol–water partition coefficient (Wildman–Crippen LogP) is 1.89. The van der Waals surface area contributed by atoms with Crippen LogP contribution in [0.15, 0.2) is 4.99 Å². The van der Waals surface area contributed by atoms with Crippen LogP contribution in [0.2, 0.25) is 0 Å². The number of likely N-dealkylation sites (tertiary alicyclic amines) is 1. The zero-order valence-corrected chi connectivity index (χ0v) is 18.3. The van der Waals surface area contributed by atoms with E-state index in [0.717, 1.165) is 45.6 Å². The van der Waals surface area contributed by atoms with E-state index < -0.39 is 0 Å². The highest BCUT2D eigenvalue weighted by Gasteiger charge is 2.22. The number of halogens is 1. The Kier molecular flexibility index (Phi) is 10.9. The molecule has 3 N–H and O–H groups in total. The number of piperidine rings is 1. The van der Waals surface area contributed by atoms with Gasteiger partial charge < -0.3 is 16.0 Å². The maximum atomic E-state index is 12.0. The Balaban J connectivity index is 0.00000529. The maximum Gasteiger partial charge on any atom is 0.234 e. The van der Waals surface area contributed by atoms with Gasteiger partial charge >= 0.3 is 0 Å². The van der Waals surface area contributed by atoms with E-state index in [4.69, 9.17) is 5.73 Å². The van der Waals surface area contributed by atoms with Gasteiger partial charge in [-0.2, -0.15) is 0 Å². The van der Waals surface area contributed by atoms with Gasteiger partial charge in [0, 0.05) is 25.2 Å². The molecule has 1 aliphatic rings. The van der Waals surface area contributed by atoms with Crippen LogP contribution in [0.1, 0.15) is 47.5 Å². The van der Waals surface area contributed by atoms with Gasteiger partial charge in [0.05, 0.1) is 6.54 Å². The van der Waals surface area contributed by atoms with E-state index >= 15 is 0 Å². The molecule has 0 bridgehead atoms. The van der Waals surface area contributed by atoms with Crippen molar-refractivity contribution in [3.05, 3.63) is 0 Å². The third-order valence-corrected chi connectivity index (χ3v) is 4.19. The fourth-order valence-electron chi connectivity index (χ4n) is 2.86. The molecule has 1 fully saturated rings. The molecule has 0 aromatic heterocycles. The van der Waals surface area contributed by atoms with Gasteiger partial charge in [-0.05, 0) is 66.5 Å². The lowest BCUT2D eigenvalue weighted by molar-refractivity contribution is -0.124.